The average Bonchev–Trinajstić information content (AvgIpc) is 2.89. The van der Waals surface area contributed by atoms with Gasteiger partial charge in [0.2, 0.25) is 0 Å². The monoisotopic (exact) mass is 329 g/mol. The SMILES string of the molecule is CCCC(CC)CN1Cc2ccnc(CCC(C)(C)CC)c2C1=N. The van der Waals surface area contributed by atoms with Crippen molar-refractivity contribution in [1.82, 2.24) is 9.88 Å². The normalized spacial score (nSPS) is 15.7. The summed E-state index contributed by atoms with van der Waals surface area (Å²) in [5.41, 5.74) is 3.89. The third-order valence-electron chi connectivity index (χ3n) is 5.78. The lowest BCUT2D eigenvalue weighted by molar-refractivity contribution is 0.318. The number of aromatic nitrogens is 1. The number of fused-ring (bicyclic) bond motifs is 1. The van der Waals surface area contributed by atoms with Crippen LogP contribution in [-0.4, -0.2) is 22.3 Å². The van der Waals surface area contributed by atoms with E-state index >= 15 is 0 Å². The summed E-state index contributed by atoms with van der Waals surface area (Å²) in [7, 11) is 0. The summed E-state index contributed by atoms with van der Waals surface area (Å²) in [6, 6.07) is 2.11. The molecule has 0 spiro atoms. The molecular formula is C21H35N3. The summed E-state index contributed by atoms with van der Waals surface area (Å²) in [5.74, 6) is 1.40. The second kappa shape index (κ2) is 8.13. The fraction of sp³-hybridized carbons (Fsp3) is 0.714. The molecule has 0 fully saturated rings. The molecule has 1 N–H and O–H groups in total. The van der Waals surface area contributed by atoms with Crippen molar-refractivity contribution in [1.29, 1.82) is 5.41 Å². The molecule has 0 saturated carbocycles. The molecule has 1 aromatic heterocycles. The highest BCUT2D eigenvalue weighted by atomic mass is 15.2. The van der Waals surface area contributed by atoms with E-state index in [9.17, 15) is 0 Å². The maximum atomic E-state index is 8.69. The standard InChI is InChI=1S/C21H35N3/c1-6-9-16(7-2)14-24-15-17-11-13-23-18(19(17)20(24)22)10-12-21(4,5)8-3/h11,13,16,22H,6-10,12,14-15H2,1-5H3. The largest absolute Gasteiger partial charge is 0.352 e. The Morgan fingerprint density at radius 3 is 2.67 bits per heavy atom. The molecule has 3 nitrogen and oxygen atoms in total. The molecule has 1 unspecified atom stereocenters. The van der Waals surface area contributed by atoms with E-state index in [0.717, 1.165) is 37.2 Å². The van der Waals surface area contributed by atoms with E-state index in [2.05, 4.69) is 50.6 Å². The van der Waals surface area contributed by atoms with Crippen LogP contribution < -0.4 is 0 Å². The Labute approximate surface area is 148 Å². The van der Waals surface area contributed by atoms with Crippen LogP contribution >= 0.6 is 0 Å². The molecule has 134 valence electrons. The topological polar surface area (TPSA) is 40.0 Å². The van der Waals surface area contributed by atoms with E-state index in [4.69, 9.17) is 5.41 Å². The average molecular weight is 330 g/mol. The number of rotatable bonds is 9. The Hall–Kier alpha value is -1.38. The van der Waals surface area contributed by atoms with Gasteiger partial charge in [0.1, 0.15) is 5.84 Å². The quantitative estimate of drug-likeness (QED) is 0.657. The highest BCUT2D eigenvalue weighted by Crippen LogP contribution is 2.31. The number of nitrogens with one attached hydrogen (secondary N) is 1. The molecule has 2 rings (SSSR count). The number of hydrogen-bond donors (Lipinski definition) is 1. The van der Waals surface area contributed by atoms with Gasteiger partial charge in [0.05, 0.1) is 5.69 Å². The first-order valence-electron chi connectivity index (χ1n) is 9.72. The van der Waals surface area contributed by atoms with Crippen molar-refractivity contribution in [2.45, 2.75) is 79.7 Å². The lowest BCUT2D eigenvalue weighted by Gasteiger charge is -2.24. The van der Waals surface area contributed by atoms with Gasteiger partial charge in [-0.05, 0) is 42.2 Å². The molecule has 1 atom stereocenters. The summed E-state index contributed by atoms with van der Waals surface area (Å²) in [4.78, 5) is 6.91. The first-order valence-corrected chi connectivity index (χ1v) is 9.72. The first kappa shape index (κ1) is 19.0. The second-order valence-corrected chi connectivity index (χ2v) is 8.10. The molecule has 3 heteroatoms. The van der Waals surface area contributed by atoms with Crippen LogP contribution in [0.5, 0.6) is 0 Å². The lowest BCUT2D eigenvalue weighted by atomic mass is 9.84. The molecule has 1 aliphatic rings. The van der Waals surface area contributed by atoms with Crippen molar-refractivity contribution < 1.29 is 0 Å². The predicted octanol–water partition coefficient (Wildman–Crippen LogP) is 5.42. The molecule has 0 aromatic carbocycles. The van der Waals surface area contributed by atoms with Crippen molar-refractivity contribution in [3.8, 4) is 0 Å². The molecule has 0 radical (unpaired) electrons. The third-order valence-corrected chi connectivity index (χ3v) is 5.78. The van der Waals surface area contributed by atoms with Crippen LogP contribution in [0.2, 0.25) is 0 Å². The van der Waals surface area contributed by atoms with Crippen LogP contribution in [-0.2, 0) is 13.0 Å². The Kier molecular flexibility index (Phi) is 6.42. The minimum atomic E-state index is 0.347. The lowest BCUT2D eigenvalue weighted by Crippen LogP contribution is -2.30. The number of nitrogens with zero attached hydrogens (tertiary/aromatic N) is 2. The zero-order valence-electron chi connectivity index (χ0n) is 16.3. The zero-order valence-corrected chi connectivity index (χ0v) is 16.3. The minimum absolute atomic E-state index is 0.347. The maximum absolute atomic E-state index is 8.69. The number of aryl methyl sites for hydroxylation is 1. The van der Waals surface area contributed by atoms with Gasteiger partial charge in [-0.25, -0.2) is 0 Å². The van der Waals surface area contributed by atoms with E-state index in [-0.39, 0.29) is 0 Å². The Morgan fingerprint density at radius 1 is 1.29 bits per heavy atom. The fourth-order valence-corrected chi connectivity index (χ4v) is 3.54. The molecule has 1 aromatic rings. The molecular weight excluding hydrogens is 294 g/mol. The van der Waals surface area contributed by atoms with E-state index in [1.165, 1.54) is 31.2 Å². The van der Waals surface area contributed by atoms with Crippen molar-refractivity contribution in [3.63, 3.8) is 0 Å². The van der Waals surface area contributed by atoms with E-state index in [0.29, 0.717) is 17.2 Å². The highest BCUT2D eigenvalue weighted by Gasteiger charge is 2.29. The fourth-order valence-electron chi connectivity index (χ4n) is 3.54. The Bertz CT molecular complexity index is 562. The van der Waals surface area contributed by atoms with Crippen LogP contribution in [0.25, 0.3) is 0 Å². The summed E-state index contributed by atoms with van der Waals surface area (Å²) in [6.45, 7) is 13.3. The van der Waals surface area contributed by atoms with Crippen LogP contribution in [0.4, 0.5) is 0 Å². The smallest absolute Gasteiger partial charge is 0.130 e. The van der Waals surface area contributed by atoms with Gasteiger partial charge >= 0.3 is 0 Å². The zero-order chi connectivity index (χ0) is 17.7. The van der Waals surface area contributed by atoms with Crippen LogP contribution in [0.15, 0.2) is 12.3 Å². The molecule has 24 heavy (non-hydrogen) atoms. The molecule has 0 aliphatic carbocycles. The second-order valence-electron chi connectivity index (χ2n) is 8.10. The number of hydrogen-bond acceptors (Lipinski definition) is 2. The van der Waals surface area contributed by atoms with Gasteiger partial charge in [-0.1, -0.05) is 53.9 Å². The number of amidine groups is 1. The molecule has 0 amide bonds. The van der Waals surface area contributed by atoms with E-state index in [1.807, 2.05) is 6.20 Å². The van der Waals surface area contributed by atoms with Crippen LogP contribution in [0, 0.1) is 16.7 Å². The minimum Gasteiger partial charge on any atom is -0.352 e. The summed E-state index contributed by atoms with van der Waals surface area (Å²) in [6.07, 6.45) is 8.91. The summed E-state index contributed by atoms with van der Waals surface area (Å²) in [5, 5.41) is 8.69. The Morgan fingerprint density at radius 2 is 2.04 bits per heavy atom. The van der Waals surface area contributed by atoms with Gasteiger partial charge < -0.3 is 4.90 Å². The molecule has 1 aliphatic heterocycles. The van der Waals surface area contributed by atoms with Gasteiger partial charge in [0.25, 0.3) is 0 Å². The van der Waals surface area contributed by atoms with Crippen molar-refractivity contribution >= 4 is 5.84 Å². The van der Waals surface area contributed by atoms with Gasteiger partial charge in [-0.15, -0.1) is 0 Å². The van der Waals surface area contributed by atoms with Crippen molar-refractivity contribution in [3.05, 3.63) is 29.1 Å². The summed E-state index contributed by atoms with van der Waals surface area (Å²) >= 11 is 0. The predicted molar refractivity (Wildman–Crippen MR) is 103 cm³/mol. The van der Waals surface area contributed by atoms with Gasteiger partial charge in [-0.3, -0.25) is 10.4 Å². The van der Waals surface area contributed by atoms with Crippen molar-refractivity contribution in [2.24, 2.45) is 11.3 Å². The van der Waals surface area contributed by atoms with Crippen LogP contribution in [0.3, 0.4) is 0 Å². The van der Waals surface area contributed by atoms with Crippen molar-refractivity contribution in [2.75, 3.05) is 6.54 Å². The van der Waals surface area contributed by atoms with Crippen LogP contribution in [0.1, 0.15) is 83.5 Å². The van der Waals surface area contributed by atoms with E-state index < -0.39 is 0 Å². The van der Waals surface area contributed by atoms with Gasteiger partial charge in [0.15, 0.2) is 0 Å². The molecule has 2 heterocycles. The third kappa shape index (κ3) is 4.37. The van der Waals surface area contributed by atoms with Gasteiger partial charge in [0, 0.05) is 24.8 Å². The molecule has 0 bridgehead atoms. The number of pyridine rings is 1. The summed E-state index contributed by atoms with van der Waals surface area (Å²) < 4.78 is 0. The maximum Gasteiger partial charge on any atom is 0.130 e. The molecule has 0 saturated heterocycles. The van der Waals surface area contributed by atoms with E-state index in [1.54, 1.807) is 0 Å². The highest BCUT2D eigenvalue weighted by molar-refractivity contribution is 6.01. The van der Waals surface area contributed by atoms with Gasteiger partial charge in [-0.2, -0.15) is 0 Å². The first-order chi connectivity index (χ1) is 11.4. The Balaban J connectivity index is 2.12.